The predicted molar refractivity (Wildman–Crippen MR) is 96.9 cm³/mol. The largest absolute Gasteiger partial charge is 0.334 e. The molecule has 6 heteroatoms. The van der Waals surface area contributed by atoms with Crippen LogP contribution in [0, 0.1) is 0 Å². The summed E-state index contributed by atoms with van der Waals surface area (Å²) >= 11 is 1.54. The van der Waals surface area contributed by atoms with E-state index in [0.717, 1.165) is 36.0 Å². The molecule has 0 bridgehead atoms. The molecule has 1 fully saturated rings. The van der Waals surface area contributed by atoms with E-state index >= 15 is 0 Å². The first-order valence-corrected chi connectivity index (χ1v) is 9.35. The minimum absolute atomic E-state index is 0.170. The van der Waals surface area contributed by atoms with Gasteiger partial charge in [0.15, 0.2) is 0 Å². The van der Waals surface area contributed by atoms with E-state index < -0.39 is 0 Å². The number of amides is 1. The number of carbonyl (C=O) groups is 1. The summed E-state index contributed by atoms with van der Waals surface area (Å²) in [7, 11) is 0. The zero-order valence-electron chi connectivity index (χ0n) is 14.5. The average molecular weight is 344 g/mol. The zero-order chi connectivity index (χ0) is 17.1. The molecule has 0 spiro atoms. The minimum Gasteiger partial charge on any atom is -0.334 e. The highest BCUT2D eigenvalue weighted by molar-refractivity contribution is 7.13. The zero-order valence-corrected chi connectivity index (χ0v) is 15.3. The van der Waals surface area contributed by atoms with Gasteiger partial charge in [-0.2, -0.15) is 0 Å². The Bertz CT molecular complexity index is 675. The van der Waals surface area contributed by atoms with Crippen LogP contribution in [0.4, 0.5) is 0 Å². The van der Waals surface area contributed by atoms with E-state index in [1.54, 1.807) is 17.5 Å². The number of thiazole rings is 1. The van der Waals surface area contributed by atoms with Crippen molar-refractivity contribution >= 4 is 17.2 Å². The van der Waals surface area contributed by atoms with Gasteiger partial charge in [-0.05, 0) is 32.5 Å². The average Bonchev–Trinajstić information content (AvgIpc) is 3.03. The summed E-state index contributed by atoms with van der Waals surface area (Å²) in [5, 5.41) is 2.84. The molecule has 0 radical (unpaired) electrons. The summed E-state index contributed by atoms with van der Waals surface area (Å²) in [6.07, 6.45) is 2.13. The van der Waals surface area contributed by atoms with Gasteiger partial charge >= 0.3 is 0 Å². The molecule has 1 aliphatic rings. The van der Waals surface area contributed by atoms with Gasteiger partial charge < -0.3 is 4.90 Å². The number of piperazine rings is 1. The summed E-state index contributed by atoms with van der Waals surface area (Å²) in [4.78, 5) is 26.1. The van der Waals surface area contributed by atoms with E-state index in [4.69, 9.17) is 0 Å². The molecule has 128 valence electrons. The molecule has 1 amide bonds. The number of hydrogen-bond acceptors (Lipinski definition) is 5. The van der Waals surface area contributed by atoms with Gasteiger partial charge in [0.05, 0.1) is 17.8 Å². The number of aromatic nitrogens is 2. The number of likely N-dealkylation sites (N-methyl/N-ethyl adjacent to an activating group) is 1. The molecule has 0 saturated carbocycles. The second kappa shape index (κ2) is 7.40. The highest BCUT2D eigenvalue weighted by atomic mass is 32.1. The fourth-order valence-corrected chi connectivity index (χ4v) is 4.22. The summed E-state index contributed by atoms with van der Waals surface area (Å²) in [5.41, 5.74) is 1.70. The van der Waals surface area contributed by atoms with Crippen LogP contribution in [0.3, 0.4) is 0 Å². The molecule has 2 atom stereocenters. The monoisotopic (exact) mass is 344 g/mol. The first-order valence-electron chi connectivity index (χ1n) is 8.47. The molecule has 1 aliphatic heterocycles. The van der Waals surface area contributed by atoms with Crippen molar-refractivity contribution in [3.63, 3.8) is 0 Å². The van der Waals surface area contributed by atoms with Gasteiger partial charge in [0.1, 0.15) is 5.01 Å². The maximum Gasteiger partial charge on any atom is 0.229 e. The van der Waals surface area contributed by atoms with Crippen molar-refractivity contribution in [2.75, 3.05) is 19.6 Å². The Morgan fingerprint density at radius 2 is 2.04 bits per heavy atom. The fourth-order valence-electron chi connectivity index (χ4n) is 3.42. The van der Waals surface area contributed by atoms with Gasteiger partial charge in [0, 0.05) is 36.8 Å². The molecule has 0 unspecified atom stereocenters. The summed E-state index contributed by atoms with van der Waals surface area (Å²) in [6.45, 7) is 9.38. The van der Waals surface area contributed by atoms with Crippen LogP contribution in [-0.4, -0.2) is 57.4 Å². The first kappa shape index (κ1) is 17.0. The second-order valence-corrected chi connectivity index (χ2v) is 7.25. The van der Waals surface area contributed by atoms with Gasteiger partial charge in [0.25, 0.3) is 0 Å². The Morgan fingerprint density at radius 1 is 1.29 bits per heavy atom. The van der Waals surface area contributed by atoms with Gasteiger partial charge in [0.2, 0.25) is 5.91 Å². The lowest BCUT2D eigenvalue weighted by atomic mass is 10.1. The Morgan fingerprint density at radius 3 is 2.67 bits per heavy atom. The van der Waals surface area contributed by atoms with Crippen LogP contribution < -0.4 is 0 Å². The highest BCUT2D eigenvalue weighted by Crippen LogP contribution is 2.23. The first-order chi connectivity index (χ1) is 11.6. The lowest BCUT2D eigenvalue weighted by Gasteiger charge is -2.44. The van der Waals surface area contributed by atoms with Gasteiger partial charge in [-0.3, -0.25) is 14.7 Å². The molecule has 1 saturated heterocycles. The topological polar surface area (TPSA) is 49.3 Å². The van der Waals surface area contributed by atoms with Gasteiger partial charge in [-0.25, -0.2) is 4.98 Å². The molecule has 0 N–H and O–H groups in total. The Balaban J connectivity index is 1.68. The van der Waals surface area contributed by atoms with Crippen molar-refractivity contribution in [2.45, 2.75) is 39.3 Å². The fraction of sp³-hybridized carbons (Fsp3) is 0.500. The molecule has 5 nitrogen and oxygen atoms in total. The smallest absolute Gasteiger partial charge is 0.229 e. The molecule has 0 aromatic carbocycles. The molecule has 3 heterocycles. The van der Waals surface area contributed by atoms with Crippen LogP contribution in [-0.2, 0) is 11.2 Å². The van der Waals surface area contributed by atoms with E-state index in [2.05, 4.69) is 35.6 Å². The number of rotatable bonds is 4. The Kier molecular flexibility index (Phi) is 5.26. The van der Waals surface area contributed by atoms with Crippen LogP contribution in [0.1, 0.15) is 26.5 Å². The molecule has 2 aromatic heterocycles. The Labute approximate surface area is 147 Å². The van der Waals surface area contributed by atoms with Crippen molar-refractivity contribution in [3.05, 3.63) is 35.5 Å². The van der Waals surface area contributed by atoms with Crippen LogP contribution in [0.5, 0.6) is 0 Å². The van der Waals surface area contributed by atoms with Crippen molar-refractivity contribution < 1.29 is 4.79 Å². The normalized spacial score (nSPS) is 21.9. The van der Waals surface area contributed by atoms with Crippen molar-refractivity contribution in [1.82, 2.24) is 19.8 Å². The third-order valence-electron chi connectivity index (χ3n) is 4.50. The van der Waals surface area contributed by atoms with Crippen molar-refractivity contribution in [1.29, 1.82) is 0 Å². The van der Waals surface area contributed by atoms with Gasteiger partial charge in [-0.1, -0.05) is 13.0 Å². The predicted octanol–water partition coefficient (Wildman–Crippen LogP) is 2.69. The minimum atomic E-state index is 0.170. The van der Waals surface area contributed by atoms with E-state index in [0.29, 0.717) is 6.42 Å². The summed E-state index contributed by atoms with van der Waals surface area (Å²) in [5.74, 6) is 0.170. The molecule has 3 rings (SSSR count). The standard InChI is InChI=1S/C18H24N4OS/c1-4-21-10-13(2)22(14(3)11-21)17(23)9-15-12-24-18(20-15)16-7-5-6-8-19-16/h5-8,12-14H,4,9-11H2,1-3H3/t13-,14-/m0/s1. The van der Waals surface area contributed by atoms with Gasteiger partial charge in [-0.15, -0.1) is 11.3 Å². The molecule has 2 aromatic rings. The molecular weight excluding hydrogens is 320 g/mol. The van der Waals surface area contributed by atoms with E-state index in [1.165, 1.54) is 0 Å². The molecular formula is C18H24N4OS. The second-order valence-electron chi connectivity index (χ2n) is 6.39. The number of carbonyl (C=O) groups excluding carboxylic acids is 1. The van der Waals surface area contributed by atoms with E-state index in [-0.39, 0.29) is 18.0 Å². The Hall–Kier alpha value is -1.79. The third-order valence-corrected chi connectivity index (χ3v) is 5.41. The lowest BCUT2D eigenvalue weighted by Crippen LogP contribution is -2.58. The highest BCUT2D eigenvalue weighted by Gasteiger charge is 2.32. The SMILES string of the molecule is CCN1C[C@H](C)N(C(=O)Cc2csc(-c3ccccn3)n2)[C@@H](C)C1. The van der Waals surface area contributed by atoms with Crippen LogP contribution in [0.2, 0.25) is 0 Å². The molecule has 0 aliphatic carbocycles. The number of hydrogen-bond donors (Lipinski definition) is 0. The quantitative estimate of drug-likeness (QED) is 0.856. The van der Waals surface area contributed by atoms with Crippen LogP contribution >= 0.6 is 11.3 Å². The van der Waals surface area contributed by atoms with Crippen LogP contribution in [0.15, 0.2) is 29.8 Å². The summed E-state index contributed by atoms with van der Waals surface area (Å²) < 4.78 is 0. The van der Waals surface area contributed by atoms with Crippen LogP contribution in [0.25, 0.3) is 10.7 Å². The maximum atomic E-state index is 12.8. The lowest BCUT2D eigenvalue weighted by molar-refractivity contribution is -0.138. The number of pyridine rings is 1. The van der Waals surface area contributed by atoms with Crippen molar-refractivity contribution in [2.24, 2.45) is 0 Å². The third kappa shape index (κ3) is 3.65. The summed E-state index contributed by atoms with van der Waals surface area (Å²) in [6, 6.07) is 6.27. The maximum absolute atomic E-state index is 12.8. The van der Waals surface area contributed by atoms with E-state index in [1.807, 2.05) is 28.5 Å². The molecule has 24 heavy (non-hydrogen) atoms. The number of nitrogens with zero attached hydrogens (tertiary/aromatic N) is 4. The van der Waals surface area contributed by atoms with E-state index in [9.17, 15) is 4.79 Å². The van der Waals surface area contributed by atoms with Crippen molar-refractivity contribution in [3.8, 4) is 10.7 Å².